The molecule has 0 N–H and O–H groups in total. The third kappa shape index (κ3) is 4.26. The first-order valence-corrected chi connectivity index (χ1v) is 6.49. The van der Waals surface area contributed by atoms with Crippen molar-refractivity contribution in [2.75, 3.05) is 19.6 Å². The molecule has 0 aromatic heterocycles. The lowest BCUT2D eigenvalue weighted by Gasteiger charge is -2.36. The van der Waals surface area contributed by atoms with E-state index in [1.807, 2.05) is 13.8 Å². The maximum atomic E-state index is 12.4. The average Bonchev–Trinajstić information content (AvgIpc) is 2.21. The smallest absolute Gasteiger partial charge is 0.299 e. The number of hydrogen-bond acceptors (Lipinski definition) is 2. The van der Waals surface area contributed by atoms with Crippen molar-refractivity contribution in [1.82, 2.24) is 4.90 Å². The third-order valence-corrected chi connectivity index (χ3v) is 3.72. The summed E-state index contributed by atoms with van der Waals surface area (Å²) in [5.41, 5.74) is -0.374. The molecule has 0 aromatic carbocycles. The van der Waals surface area contributed by atoms with Crippen LogP contribution in [-0.4, -0.2) is 36.5 Å². The second-order valence-corrected chi connectivity index (χ2v) is 5.78. The van der Waals surface area contributed by atoms with Gasteiger partial charge >= 0.3 is 6.18 Å². The lowest BCUT2D eigenvalue weighted by Crippen LogP contribution is -2.44. The van der Waals surface area contributed by atoms with E-state index in [1.165, 1.54) is 4.90 Å². The van der Waals surface area contributed by atoms with E-state index >= 15 is 0 Å². The van der Waals surface area contributed by atoms with Crippen molar-refractivity contribution in [3.8, 4) is 0 Å². The quantitative estimate of drug-likeness (QED) is 0.777. The molecule has 1 atom stereocenters. The Bertz CT molecular complexity index is 299. The first-order valence-electron chi connectivity index (χ1n) is 6.49. The molecule has 0 radical (unpaired) electrons. The predicted octanol–water partition coefficient (Wildman–Crippen LogP) is 3.27. The molecule has 0 aliphatic heterocycles. The molecule has 0 aromatic rings. The third-order valence-electron chi connectivity index (χ3n) is 3.72. The largest absolute Gasteiger partial charge is 0.401 e. The van der Waals surface area contributed by atoms with Gasteiger partial charge in [0.05, 0.1) is 6.54 Å². The van der Waals surface area contributed by atoms with Gasteiger partial charge in [0.15, 0.2) is 0 Å². The predicted molar refractivity (Wildman–Crippen MR) is 64.3 cm³/mol. The molecule has 2 nitrogen and oxygen atoms in total. The van der Waals surface area contributed by atoms with Crippen molar-refractivity contribution in [2.45, 2.75) is 46.2 Å². The van der Waals surface area contributed by atoms with Crippen LogP contribution < -0.4 is 0 Å². The normalized spacial score (nSPS) is 24.6. The monoisotopic (exact) mass is 265 g/mol. The summed E-state index contributed by atoms with van der Waals surface area (Å²) in [7, 11) is 0. The number of halogens is 3. The summed E-state index contributed by atoms with van der Waals surface area (Å²) in [6.45, 7) is 5.11. The molecule has 1 saturated carbocycles. The summed E-state index contributed by atoms with van der Waals surface area (Å²) in [4.78, 5) is 13.5. The van der Waals surface area contributed by atoms with Gasteiger partial charge in [0.1, 0.15) is 5.78 Å². The highest BCUT2D eigenvalue weighted by molar-refractivity contribution is 5.87. The Kier molecular flexibility index (Phi) is 4.81. The number of ketones is 1. The highest BCUT2D eigenvalue weighted by Crippen LogP contribution is 2.35. The minimum Gasteiger partial charge on any atom is -0.299 e. The van der Waals surface area contributed by atoms with E-state index in [0.717, 1.165) is 19.3 Å². The highest BCUT2D eigenvalue weighted by Gasteiger charge is 2.39. The van der Waals surface area contributed by atoms with E-state index in [-0.39, 0.29) is 23.7 Å². The minimum absolute atomic E-state index is 0.120. The van der Waals surface area contributed by atoms with Crippen molar-refractivity contribution in [3.63, 3.8) is 0 Å². The summed E-state index contributed by atoms with van der Waals surface area (Å²) >= 11 is 0. The van der Waals surface area contributed by atoms with Crippen molar-refractivity contribution in [2.24, 2.45) is 11.3 Å². The van der Waals surface area contributed by atoms with Crippen LogP contribution in [0, 0.1) is 11.3 Å². The van der Waals surface area contributed by atoms with Gasteiger partial charge in [0, 0.05) is 17.9 Å². The van der Waals surface area contributed by atoms with Crippen LogP contribution in [0.5, 0.6) is 0 Å². The zero-order chi connectivity index (χ0) is 14.0. The molecule has 1 aliphatic rings. The molecule has 0 saturated heterocycles. The van der Waals surface area contributed by atoms with Crippen LogP contribution in [0.1, 0.15) is 40.0 Å². The molecule has 0 bridgehead atoms. The van der Waals surface area contributed by atoms with Gasteiger partial charge in [-0.25, -0.2) is 0 Å². The van der Waals surface area contributed by atoms with Crippen molar-refractivity contribution in [3.05, 3.63) is 0 Å². The van der Waals surface area contributed by atoms with Gasteiger partial charge < -0.3 is 0 Å². The summed E-state index contributed by atoms with van der Waals surface area (Å²) < 4.78 is 37.1. The molecule has 106 valence electrons. The molecule has 1 unspecified atom stereocenters. The van der Waals surface area contributed by atoms with Crippen LogP contribution in [0.4, 0.5) is 13.2 Å². The second kappa shape index (κ2) is 5.59. The second-order valence-electron chi connectivity index (χ2n) is 5.78. The lowest BCUT2D eigenvalue weighted by atomic mass is 9.71. The molecule has 1 fully saturated rings. The maximum absolute atomic E-state index is 12.4. The van der Waals surface area contributed by atoms with Crippen LogP contribution in [0.2, 0.25) is 0 Å². The van der Waals surface area contributed by atoms with Crippen LogP contribution >= 0.6 is 0 Å². The Labute approximate surface area is 107 Å². The summed E-state index contributed by atoms with van der Waals surface area (Å²) in [5, 5.41) is 0. The number of carbonyl (C=O) groups excluding carboxylic acids is 1. The van der Waals surface area contributed by atoms with E-state index in [4.69, 9.17) is 0 Å². The molecule has 0 amide bonds. The van der Waals surface area contributed by atoms with Gasteiger partial charge in [0.2, 0.25) is 0 Å². The molecular weight excluding hydrogens is 243 g/mol. The van der Waals surface area contributed by atoms with Gasteiger partial charge in [-0.05, 0) is 19.4 Å². The van der Waals surface area contributed by atoms with Crippen molar-refractivity contribution >= 4 is 5.78 Å². The number of nitrogens with zero attached hydrogens (tertiary/aromatic N) is 1. The van der Waals surface area contributed by atoms with Gasteiger partial charge in [-0.15, -0.1) is 0 Å². The molecule has 0 spiro atoms. The SMILES string of the molecule is CCN(CC1CCCC(C)(C)C1=O)CC(F)(F)F. The Morgan fingerprint density at radius 1 is 1.39 bits per heavy atom. The number of hydrogen-bond donors (Lipinski definition) is 0. The first-order chi connectivity index (χ1) is 8.15. The number of Topliss-reactive ketones (excluding diaryl/α,β-unsaturated/α-hetero) is 1. The molecule has 5 heteroatoms. The highest BCUT2D eigenvalue weighted by atomic mass is 19.4. The average molecular weight is 265 g/mol. The van der Waals surface area contributed by atoms with Crippen LogP contribution in [0.3, 0.4) is 0 Å². The van der Waals surface area contributed by atoms with Gasteiger partial charge in [0.25, 0.3) is 0 Å². The Morgan fingerprint density at radius 3 is 2.50 bits per heavy atom. The first kappa shape index (κ1) is 15.5. The van der Waals surface area contributed by atoms with Crippen LogP contribution in [0.15, 0.2) is 0 Å². The van der Waals surface area contributed by atoms with E-state index in [2.05, 4.69) is 0 Å². The van der Waals surface area contributed by atoms with E-state index in [0.29, 0.717) is 6.54 Å². The molecule has 18 heavy (non-hydrogen) atoms. The summed E-state index contributed by atoms with van der Waals surface area (Å²) in [6.07, 6.45) is -1.71. The molecular formula is C13H22F3NO. The zero-order valence-electron chi connectivity index (χ0n) is 11.3. The molecule has 0 heterocycles. The van der Waals surface area contributed by atoms with Crippen molar-refractivity contribution in [1.29, 1.82) is 0 Å². The van der Waals surface area contributed by atoms with E-state index in [1.54, 1.807) is 6.92 Å². The Hall–Kier alpha value is -0.580. The van der Waals surface area contributed by atoms with E-state index in [9.17, 15) is 18.0 Å². The number of alkyl halides is 3. The number of carbonyl (C=O) groups is 1. The molecule has 1 rings (SSSR count). The number of rotatable bonds is 4. The van der Waals surface area contributed by atoms with Crippen LogP contribution in [0.25, 0.3) is 0 Å². The van der Waals surface area contributed by atoms with Crippen molar-refractivity contribution < 1.29 is 18.0 Å². The Balaban J connectivity index is 2.62. The van der Waals surface area contributed by atoms with E-state index < -0.39 is 12.7 Å². The maximum Gasteiger partial charge on any atom is 0.401 e. The minimum atomic E-state index is -4.19. The Morgan fingerprint density at radius 2 is 2.00 bits per heavy atom. The topological polar surface area (TPSA) is 20.3 Å². The summed E-state index contributed by atoms with van der Waals surface area (Å²) in [6, 6.07) is 0. The fourth-order valence-corrected chi connectivity index (χ4v) is 2.64. The fraction of sp³-hybridized carbons (Fsp3) is 0.923. The fourth-order valence-electron chi connectivity index (χ4n) is 2.64. The van der Waals surface area contributed by atoms with Gasteiger partial charge in [-0.3, -0.25) is 9.69 Å². The zero-order valence-corrected chi connectivity index (χ0v) is 11.3. The van der Waals surface area contributed by atoms with Crippen LogP contribution in [-0.2, 0) is 4.79 Å². The summed E-state index contributed by atoms with van der Waals surface area (Å²) in [5.74, 6) is -0.120. The standard InChI is InChI=1S/C13H22F3NO/c1-4-17(9-13(14,15)16)8-10-6-5-7-12(2,3)11(10)18/h10H,4-9H2,1-3H3. The van der Waals surface area contributed by atoms with Gasteiger partial charge in [-0.2, -0.15) is 13.2 Å². The molecule has 1 aliphatic carbocycles. The van der Waals surface area contributed by atoms with Gasteiger partial charge in [-0.1, -0.05) is 27.2 Å². The lowest BCUT2D eigenvalue weighted by molar-refractivity contribution is -0.151.